The Morgan fingerprint density at radius 3 is 2.61 bits per heavy atom. The molecule has 1 fully saturated rings. The van der Waals surface area contributed by atoms with E-state index < -0.39 is 5.82 Å². The molecular formula is C14H19FN2O. The maximum absolute atomic E-state index is 13.5. The second-order valence-corrected chi connectivity index (χ2v) is 5.19. The van der Waals surface area contributed by atoms with E-state index >= 15 is 0 Å². The second-order valence-electron chi connectivity index (χ2n) is 5.19. The van der Waals surface area contributed by atoms with Crippen LogP contribution in [0.3, 0.4) is 0 Å². The van der Waals surface area contributed by atoms with E-state index in [4.69, 9.17) is 5.73 Å². The number of carbonyl (C=O) groups is 1. The van der Waals surface area contributed by atoms with E-state index in [9.17, 15) is 9.18 Å². The van der Waals surface area contributed by atoms with Crippen molar-refractivity contribution in [3.8, 4) is 0 Å². The fourth-order valence-electron chi connectivity index (χ4n) is 2.39. The number of anilines is 2. The van der Waals surface area contributed by atoms with Gasteiger partial charge in [-0.05, 0) is 49.8 Å². The topological polar surface area (TPSA) is 55.1 Å². The van der Waals surface area contributed by atoms with E-state index in [0.717, 1.165) is 25.7 Å². The Morgan fingerprint density at radius 2 is 2.00 bits per heavy atom. The van der Waals surface area contributed by atoms with Gasteiger partial charge in [0.1, 0.15) is 5.82 Å². The van der Waals surface area contributed by atoms with Crippen molar-refractivity contribution in [2.45, 2.75) is 32.6 Å². The molecule has 1 amide bonds. The number of nitrogens with two attached hydrogens (primary N) is 1. The number of hydrogen-bond acceptors (Lipinski definition) is 2. The number of nitrogen functional groups attached to an aromatic ring is 1. The van der Waals surface area contributed by atoms with Crippen molar-refractivity contribution >= 4 is 17.3 Å². The number of halogens is 1. The van der Waals surface area contributed by atoms with Gasteiger partial charge in [0.15, 0.2) is 0 Å². The molecule has 3 nitrogen and oxygen atoms in total. The number of carbonyl (C=O) groups excluding carboxylic acids is 1. The Hall–Kier alpha value is -1.58. The number of amides is 1. The summed E-state index contributed by atoms with van der Waals surface area (Å²) in [5.74, 6) is 0.151. The lowest BCUT2D eigenvalue weighted by Crippen LogP contribution is -2.26. The van der Waals surface area contributed by atoms with Gasteiger partial charge in [-0.25, -0.2) is 4.39 Å². The minimum absolute atomic E-state index is 0.0122. The summed E-state index contributed by atoms with van der Waals surface area (Å²) in [6, 6.07) is 4.31. The van der Waals surface area contributed by atoms with Crippen LogP contribution in [-0.2, 0) is 4.79 Å². The van der Waals surface area contributed by atoms with Crippen LogP contribution >= 0.6 is 0 Å². The number of rotatable bonds is 2. The van der Waals surface area contributed by atoms with Gasteiger partial charge in [0.25, 0.3) is 0 Å². The van der Waals surface area contributed by atoms with Crippen molar-refractivity contribution < 1.29 is 9.18 Å². The van der Waals surface area contributed by atoms with Crippen molar-refractivity contribution in [3.05, 3.63) is 24.0 Å². The zero-order chi connectivity index (χ0) is 13.1. The molecule has 98 valence electrons. The van der Waals surface area contributed by atoms with Gasteiger partial charge in [0.2, 0.25) is 5.91 Å². The molecule has 0 radical (unpaired) electrons. The van der Waals surface area contributed by atoms with E-state index in [-0.39, 0.29) is 17.5 Å². The van der Waals surface area contributed by atoms with E-state index in [2.05, 4.69) is 12.2 Å². The molecule has 0 atom stereocenters. The minimum Gasteiger partial charge on any atom is -0.399 e. The summed E-state index contributed by atoms with van der Waals surface area (Å²) in [5.41, 5.74) is 6.04. The van der Waals surface area contributed by atoms with Gasteiger partial charge in [-0.3, -0.25) is 4.79 Å². The van der Waals surface area contributed by atoms with Crippen LogP contribution in [0.1, 0.15) is 32.6 Å². The summed E-state index contributed by atoms with van der Waals surface area (Å²) in [4.78, 5) is 12.0. The molecule has 2 rings (SSSR count). The molecule has 0 unspecified atom stereocenters. The first-order valence-corrected chi connectivity index (χ1v) is 6.42. The number of hydrogen-bond donors (Lipinski definition) is 2. The van der Waals surface area contributed by atoms with Gasteiger partial charge in [-0.2, -0.15) is 0 Å². The second kappa shape index (κ2) is 5.38. The van der Waals surface area contributed by atoms with Gasteiger partial charge >= 0.3 is 0 Å². The highest BCUT2D eigenvalue weighted by Crippen LogP contribution is 2.29. The number of benzene rings is 1. The lowest BCUT2D eigenvalue weighted by Gasteiger charge is -2.25. The normalized spacial score (nSPS) is 23.7. The van der Waals surface area contributed by atoms with Gasteiger partial charge in [-0.1, -0.05) is 6.92 Å². The minimum atomic E-state index is -0.479. The molecule has 4 heteroatoms. The molecule has 0 aliphatic heterocycles. The van der Waals surface area contributed by atoms with E-state index in [1.54, 1.807) is 6.07 Å². The van der Waals surface area contributed by atoms with Crippen LogP contribution in [0, 0.1) is 17.7 Å². The Balaban J connectivity index is 1.98. The predicted octanol–water partition coefficient (Wildman–Crippen LogP) is 3.17. The fraction of sp³-hybridized carbons (Fsp3) is 0.500. The zero-order valence-electron chi connectivity index (χ0n) is 10.6. The SMILES string of the molecule is CC1CCC(C(=O)Nc2ccc(N)cc2F)CC1. The third-order valence-corrected chi connectivity index (χ3v) is 3.64. The van der Waals surface area contributed by atoms with Crippen LogP contribution in [0.25, 0.3) is 0 Å². The molecule has 0 saturated heterocycles. The first-order chi connectivity index (χ1) is 8.56. The van der Waals surface area contributed by atoms with Crippen molar-refractivity contribution in [1.82, 2.24) is 0 Å². The average molecular weight is 250 g/mol. The lowest BCUT2D eigenvalue weighted by atomic mass is 9.82. The van der Waals surface area contributed by atoms with Crippen LogP contribution < -0.4 is 11.1 Å². The molecule has 1 saturated carbocycles. The molecule has 18 heavy (non-hydrogen) atoms. The average Bonchev–Trinajstić information content (AvgIpc) is 2.33. The molecule has 0 spiro atoms. The Kier molecular flexibility index (Phi) is 3.84. The van der Waals surface area contributed by atoms with Crippen LogP contribution in [-0.4, -0.2) is 5.91 Å². The third kappa shape index (κ3) is 3.00. The van der Waals surface area contributed by atoms with Crippen molar-refractivity contribution in [1.29, 1.82) is 0 Å². The highest BCUT2D eigenvalue weighted by Gasteiger charge is 2.24. The van der Waals surface area contributed by atoms with Crippen LogP contribution in [0.2, 0.25) is 0 Å². The standard InChI is InChI=1S/C14H19FN2O/c1-9-2-4-10(5-3-9)14(18)17-13-7-6-11(16)8-12(13)15/h6-10H,2-5,16H2,1H3,(H,17,18). The first kappa shape index (κ1) is 12.9. The molecule has 3 N–H and O–H groups in total. The Morgan fingerprint density at radius 1 is 1.33 bits per heavy atom. The third-order valence-electron chi connectivity index (χ3n) is 3.64. The summed E-state index contributed by atoms with van der Waals surface area (Å²) in [6.45, 7) is 2.20. The van der Waals surface area contributed by atoms with Crippen LogP contribution in [0.5, 0.6) is 0 Å². The van der Waals surface area contributed by atoms with Crippen LogP contribution in [0.15, 0.2) is 18.2 Å². The molecular weight excluding hydrogens is 231 g/mol. The van der Waals surface area contributed by atoms with Crippen molar-refractivity contribution in [3.63, 3.8) is 0 Å². The van der Waals surface area contributed by atoms with Gasteiger partial charge in [0, 0.05) is 11.6 Å². The molecule has 1 aliphatic carbocycles. The largest absolute Gasteiger partial charge is 0.399 e. The summed E-state index contributed by atoms with van der Waals surface area (Å²) < 4.78 is 13.5. The van der Waals surface area contributed by atoms with Gasteiger partial charge < -0.3 is 11.1 Å². The fourth-order valence-corrected chi connectivity index (χ4v) is 2.39. The maximum Gasteiger partial charge on any atom is 0.227 e. The monoisotopic (exact) mass is 250 g/mol. The first-order valence-electron chi connectivity index (χ1n) is 6.42. The van der Waals surface area contributed by atoms with E-state index in [0.29, 0.717) is 11.6 Å². The van der Waals surface area contributed by atoms with E-state index in [1.807, 2.05) is 0 Å². The molecule has 1 aliphatic rings. The van der Waals surface area contributed by atoms with Gasteiger partial charge in [-0.15, -0.1) is 0 Å². The Labute approximate surface area is 107 Å². The molecule has 1 aromatic carbocycles. The molecule has 0 heterocycles. The summed E-state index contributed by atoms with van der Waals surface area (Å²) in [7, 11) is 0. The smallest absolute Gasteiger partial charge is 0.227 e. The van der Waals surface area contributed by atoms with Gasteiger partial charge in [0.05, 0.1) is 5.69 Å². The predicted molar refractivity (Wildman–Crippen MR) is 70.6 cm³/mol. The summed E-state index contributed by atoms with van der Waals surface area (Å²) >= 11 is 0. The highest BCUT2D eigenvalue weighted by atomic mass is 19.1. The van der Waals surface area contributed by atoms with E-state index in [1.165, 1.54) is 12.1 Å². The molecule has 1 aromatic rings. The lowest BCUT2D eigenvalue weighted by molar-refractivity contribution is -0.121. The zero-order valence-corrected chi connectivity index (χ0v) is 10.6. The molecule has 0 aromatic heterocycles. The highest BCUT2D eigenvalue weighted by molar-refractivity contribution is 5.92. The van der Waals surface area contributed by atoms with Crippen molar-refractivity contribution in [2.24, 2.45) is 11.8 Å². The quantitative estimate of drug-likeness (QED) is 0.792. The van der Waals surface area contributed by atoms with Crippen molar-refractivity contribution in [2.75, 3.05) is 11.1 Å². The molecule has 0 bridgehead atoms. The summed E-state index contributed by atoms with van der Waals surface area (Å²) in [5, 5.41) is 2.65. The Bertz CT molecular complexity index is 439. The maximum atomic E-state index is 13.5. The summed E-state index contributed by atoms with van der Waals surface area (Å²) in [6.07, 6.45) is 3.93. The number of nitrogens with one attached hydrogen (secondary N) is 1. The van der Waals surface area contributed by atoms with Crippen LogP contribution in [0.4, 0.5) is 15.8 Å².